The molecule has 2 N–H and O–H groups in total. The number of nitrogens with zero attached hydrogens (tertiary/aromatic N) is 3. The fraction of sp³-hybridized carbons (Fsp3) is 0.259. The average Bonchev–Trinajstić information content (AvgIpc) is 3.53. The SMILES string of the molecule is O=C(Cc1cccc(C(F)(F)F)n1)Nc1cc(C2CCCCN2C(=O)/C=C/c2cc3ccccc3o2)[nH]n1. The first-order chi connectivity index (χ1) is 18.3. The number of carbonyl (C=O) groups is 2. The van der Waals surface area contributed by atoms with Gasteiger partial charge in [-0.05, 0) is 49.6 Å². The van der Waals surface area contributed by atoms with Crippen molar-refractivity contribution in [1.29, 1.82) is 0 Å². The molecule has 4 heterocycles. The number of aromatic nitrogens is 3. The van der Waals surface area contributed by atoms with Gasteiger partial charge >= 0.3 is 6.18 Å². The molecule has 0 bridgehead atoms. The Balaban J connectivity index is 1.24. The molecule has 1 saturated heterocycles. The van der Waals surface area contributed by atoms with Gasteiger partial charge < -0.3 is 14.6 Å². The van der Waals surface area contributed by atoms with E-state index in [0.717, 1.165) is 29.9 Å². The van der Waals surface area contributed by atoms with Crippen molar-refractivity contribution in [2.45, 2.75) is 37.9 Å². The number of likely N-dealkylation sites (tertiary alicyclic amines) is 1. The average molecular weight is 524 g/mol. The largest absolute Gasteiger partial charge is 0.457 e. The molecule has 4 aromatic rings. The molecule has 0 saturated carbocycles. The Hall–Kier alpha value is -4.41. The molecule has 0 radical (unpaired) electrons. The lowest BCUT2D eigenvalue weighted by atomic mass is 9.99. The van der Waals surface area contributed by atoms with Crippen molar-refractivity contribution >= 4 is 34.7 Å². The number of amides is 2. The van der Waals surface area contributed by atoms with Crippen molar-refractivity contribution in [2.75, 3.05) is 11.9 Å². The van der Waals surface area contributed by atoms with E-state index in [1.807, 2.05) is 30.3 Å². The number of benzene rings is 1. The van der Waals surface area contributed by atoms with Crippen LogP contribution in [0, 0.1) is 0 Å². The third-order valence-corrected chi connectivity index (χ3v) is 6.28. The van der Waals surface area contributed by atoms with Gasteiger partial charge in [-0.2, -0.15) is 18.3 Å². The van der Waals surface area contributed by atoms with Crippen molar-refractivity contribution < 1.29 is 27.2 Å². The number of nitrogens with one attached hydrogen (secondary N) is 2. The molecule has 1 unspecified atom stereocenters. The van der Waals surface area contributed by atoms with E-state index in [4.69, 9.17) is 4.42 Å². The Morgan fingerprint density at radius 1 is 1.13 bits per heavy atom. The molecule has 196 valence electrons. The van der Waals surface area contributed by atoms with Gasteiger partial charge in [-0.1, -0.05) is 24.3 Å². The van der Waals surface area contributed by atoms with Crippen molar-refractivity contribution in [1.82, 2.24) is 20.1 Å². The molecule has 38 heavy (non-hydrogen) atoms. The summed E-state index contributed by atoms with van der Waals surface area (Å²) in [4.78, 5) is 30.7. The predicted molar refractivity (Wildman–Crippen MR) is 134 cm³/mol. The minimum Gasteiger partial charge on any atom is -0.457 e. The summed E-state index contributed by atoms with van der Waals surface area (Å²) in [6.07, 6.45) is 0.701. The molecule has 1 atom stereocenters. The fourth-order valence-electron chi connectivity index (χ4n) is 4.51. The molecule has 1 aliphatic heterocycles. The van der Waals surface area contributed by atoms with Gasteiger partial charge in [0.2, 0.25) is 11.8 Å². The Labute approximate surface area is 215 Å². The highest BCUT2D eigenvalue weighted by Crippen LogP contribution is 2.31. The standard InChI is InChI=1S/C27H24F3N5O3/c28-27(29,30)23-10-5-7-18(31-23)15-25(36)32-24-16-20(33-34-24)21-8-3-4-13-35(21)26(37)12-11-19-14-17-6-1-2-9-22(17)38-19/h1-2,5-7,9-12,14,16,21H,3-4,8,13,15H2,(H2,32,33,34,36)/b12-11+. The number of piperidine rings is 1. The second-order valence-electron chi connectivity index (χ2n) is 9.01. The number of aromatic amines is 1. The van der Waals surface area contributed by atoms with Crippen LogP contribution in [0.25, 0.3) is 17.0 Å². The lowest BCUT2D eigenvalue weighted by molar-refractivity contribution is -0.141. The molecular formula is C27H24F3N5O3. The summed E-state index contributed by atoms with van der Waals surface area (Å²) in [5, 5.41) is 10.5. The maximum Gasteiger partial charge on any atom is 0.433 e. The molecule has 8 nitrogen and oxygen atoms in total. The first-order valence-corrected chi connectivity index (χ1v) is 12.1. The monoisotopic (exact) mass is 523 g/mol. The zero-order chi connectivity index (χ0) is 26.7. The number of hydrogen-bond acceptors (Lipinski definition) is 5. The molecule has 11 heteroatoms. The van der Waals surface area contributed by atoms with Crippen LogP contribution < -0.4 is 5.32 Å². The quantitative estimate of drug-likeness (QED) is 0.324. The molecule has 1 aliphatic rings. The highest BCUT2D eigenvalue weighted by Gasteiger charge is 2.32. The molecule has 0 spiro atoms. The van der Waals surface area contributed by atoms with Crippen LogP contribution in [0.1, 0.15) is 48.1 Å². The summed E-state index contributed by atoms with van der Waals surface area (Å²) in [5.41, 5.74) is 0.337. The third kappa shape index (κ3) is 5.77. The number of rotatable bonds is 6. The van der Waals surface area contributed by atoms with E-state index in [1.165, 1.54) is 18.2 Å². The number of H-pyrrole nitrogens is 1. The first kappa shape index (κ1) is 25.2. The zero-order valence-corrected chi connectivity index (χ0v) is 20.2. The number of anilines is 1. The molecule has 2 amide bonds. The zero-order valence-electron chi connectivity index (χ0n) is 20.2. The normalized spacial score (nSPS) is 16.3. The van der Waals surface area contributed by atoms with Gasteiger partial charge in [-0.3, -0.25) is 14.7 Å². The predicted octanol–water partition coefficient (Wildman–Crippen LogP) is 5.52. The van der Waals surface area contributed by atoms with E-state index < -0.39 is 17.8 Å². The van der Waals surface area contributed by atoms with Crippen molar-refractivity contribution in [3.05, 3.63) is 83.5 Å². The van der Waals surface area contributed by atoms with Crippen LogP contribution in [0.2, 0.25) is 0 Å². The van der Waals surface area contributed by atoms with Gasteiger partial charge in [-0.25, -0.2) is 4.98 Å². The molecule has 5 rings (SSSR count). The number of hydrogen-bond donors (Lipinski definition) is 2. The van der Waals surface area contributed by atoms with Crippen molar-refractivity contribution in [3.8, 4) is 0 Å². The number of halogens is 3. The summed E-state index contributed by atoms with van der Waals surface area (Å²) >= 11 is 0. The highest BCUT2D eigenvalue weighted by atomic mass is 19.4. The summed E-state index contributed by atoms with van der Waals surface area (Å²) in [6.45, 7) is 0.565. The molecule has 3 aromatic heterocycles. The van der Waals surface area contributed by atoms with E-state index in [2.05, 4.69) is 20.5 Å². The number of fused-ring (bicyclic) bond motifs is 1. The Bertz CT molecular complexity index is 1460. The number of alkyl halides is 3. The Morgan fingerprint density at radius 2 is 1.97 bits per heavy atom. The van der Waals surface area contributed by atoms with Crippen LogP contribution in [0.4, 0.5) is 19.0 Å². The van der Waals surface area contributed by atoms with Gasteiger partial charge in [0.25, 0.3) is 0 Å². The second-order valence-corrected chi connectivity index (χ2v) is 9.01. The molecule has 1 fully saturated rings. The van der Waals surface area contributed by atoms with Gasteiger partial charge in [0.15, 0.2) is 5.82 Å². The van der Waals surface area contributed by atoms with Crippen LogP contribution in [-0.2, 0) is 22.2 Å². The van der Waals surface area contributed by atoms with E-state index in [-0.39, 0.29) is 29.9 Å². The first-order valence-electron chi connectivity index (χ1n) is 12.1. The summed E-state index contributed by atoms with van der Waals surface area (Å²) in [6, 6.07) is 14.2. The van der Waals surface area contributed by atoms with E-state index >= 15 is 0 Å². The van der Waals surface area contributed by atoms with Crippen molar-refractivity contribution in [2.24, 2.45) is 0 Å². The third-order valence-electron chi connectivity index (χ3n) is 6.28. The van der Waals surface area contributed by atoms with Gasteiger partial charge in [0, 0.05) is 24.1 Å². The minimum absolute atomic E-state index is 0.00613. The van der Waals surface area contributed by atoms with Crippen LogP contribution in [-0.4, -0.2) is 38.4 Å². The van der Waals surface area contributed by atoms with Gasteiger partial charge in [-0.15, -0.1) is 0 Å². The van der Waals surface area contributed by atoms with Crippen LogP contribution in [0.3, 0.4) is 0 Å². The van der Waals surface area contributed by atoms with E-state index in [1.54, 1.807) is 17.0 Å². The maximum atomic E-state index is 13.1. The van der Waals surface area contributed by atoms with Crippen molar-refractivity contribution in [3.63, 3.8) is 0 Å². The Morgan fingerprint density at radius 3 is 2.79 bits per heavy atom. The van der Waals surface area contributed by atoms with Crippen LogP contribution in [0.5, 0.6) is 0 Å². The van der Waals surface area contributed by atoms with Crippen LogP contribution in [0.15, 0.2) is 65.1 Å². The lowest BCUT2D eigenvalue weighted by Gasteiger charge is -2.34. The number of pyridine rings is 1. The highest BCUT2D eigenvalue weighted by molar-refractivity contribution is 5.93. The molecular weight excluding hydrogens is 499 g/mol. The lowest BCUT2D eigenvalue weighted by Crippen LogP contribution is -2.37. The summed E-state index contributed by atoms with van der Waals surface area (Å²) in [7, 11) is 0. The summed E-state index contributed by atoms with van der Waals surface area (Å²) in [5.74, 6) is 0.0638. The van der Waals surface area contributed by atoms with Crippen LogP contribution >= 0.6 is 0 Å². The summed E-state index contributed by atoms with van der Waals surface area (Å²) < 4.78 is 44.4. The number of para-hydroxylation sites is 1. The smallest absolute Gasteiger partial charge is 0.433 e. The Kier molecular flexibility index (Phi) is 6.99. The molecule has 1 aromatic carbocycles. The van der Waals surface area contributed by atoms with Gasteiger partial charge in [0.05, 0.1) is 23.9 Å². The van der Waals surface area contributed by atoms with E-state index in [0.29, 0.717) is 24.4 Å². The van der Waals surface area contributed by atoms with Gasteiger partial charge in [0.1, 0.15) is 17.0 Å². The molecule has 0 aliphatic carbocycles. The minimum atomic E-state index is -4.59. The number of carbonyl (C=O) groups excluding carboxylic acids is 2. The second kappa shape index (κ2) is 10.5. The maximum absolute atomic E-state index is 13.1. The number of furan rings is 1. The topological polar surface area (TPSA) is 104 Å². The fourth-order valence-corrected chi connectivity index (χ4v) is 4.51. The van der Waals surface area contributed by atoms with E-state index in [9.17, 15) is 22.8 Å².